The van der Waals surface area contributed by atoms with Crippen LogP contribution in [0.25, 0.3) is 21.9 Å². The van der Waals surface area contributed by atoms with Gasteiger partial charge in [0, 0.05) is 21.7 Å². The summed E-state index contributed by atoms with van der Waals surface area (Å²) >= 11 is 1.32. The first-order valence-corrected chi connectivity index (χ1v) is 9.39. The number of fused-ring (bicyclic) bond motifs is 3. The van der Waals surface area contributed by atoms with Gasteiger partial charge in [0.1, 0.15) is 21.8 Å². The first-order valence-electron chi connectivity index (χ1n) is 8.58. The lowest BCUT2D eigenvalue weighted by atomic mass is 10.1. The Bertz CT molecular complexity index is 1190. The molecular weight excluding hydrogens is 378 g/mol. The maximum absolute atomic E-state index is 12.3. The number of aryl methyl sites for hydroxylation is 1. The minimum absolute atomic E-state index is 0.392. The Morgan fingerprint density at radius 1 is 1.07 bits per heavy atom. The Morgan fingerprint density at radius 3 is 2.64 bits per heavy atom. The molecule has 1 amide bonds. The van der Waals surface area contributed by atoms with Crippen molar-refractivity contribution in [1.82, 2.24) is 0 Å². The third-order valence-corrected chi connectivity index (χ3v) is 5.23. The topological polar surface area (TPSA) is 77.8 Å². The highest BCUT2D eigenvalue weighted by atomic mass is 32.1. The summed E-state index contributed by atoms with van der Waals surface area (Å²) in [4.78, 5) is 25.7. The van der Waals surface area contributed by atoms with Crippen LogP contribution in [0.5, 0.6) is 5.75 Å². The number of anilines is 1. The molecule has 0 unspecified atom stereocenters. The molecule has 2 heterocycles. The van der Waals surface area contributed by atoms with Crippen LogP contribution in [0, 0.1) is 6.92 Å². The fraction of sp³-hybridized carbons (Fsp3) is 0.143. The maximum atomic E-state index is 12.3. The zero-order chi connectivity index (χ0) is 19.7. The van der Waals surface area contributed by atoms with Gasteiger partial charge in [-0.2, -0.15) is 0 Å². The van der Waals surface area contributed by atoms with E-state index in [-0.39, 0.29) is 0 Å². The Labute approximate surface area is 164 Å². The van der Waals surface area contributed by atoms with Crippen molar-refractivity contribution in [2.75, 3.05) is 19.0 Å². The van der Waals surface area contributed by atoms with Gasteiger partial charge in [-0.1, -0.05) is 18.2 Å². The standard InChI is InChI=1S/C21H17NO5S/c1-12-7-8-19(28-12)21(24)26-11-20(23)22-15-10-17-14(9-18(15)25-2)13-5-3-4-6-16(13)27-17/h3-10H,11H2,1-2H3,(H,22,23). The third kappa shape index (κ3) is 3.44. The van der Waals surface area contributed by atoms with Crippen molar-refractivity contribution in [3.05, 3.63) is 58.3 Å². The second-order valence-electron chi connectivity index (χ2n) is 6.18. The van der Waals surface area contributed by atoms with Crippen LogP contribution >= 0.6 is 11.3 Å². The smallest absolute Gasteiger partial charge is 0.348 e. The van der Waals surface area contributed by atoms with Crippen LogP contribution in [0.4, 0.5) is 5.69 Å². The van der Waals surface area contributed by atoms with Crippen LogP contribution < -0.4 is 10.1 Å². The fourth-order valence-electron chi connectivity index (χ4n) is 2.95. The van der Waals surface area contributed by atoms with E-state index in [1.807, 2.05) is 43.3 Å². The van der Waals surface area contributed by atoms with Crippen LogP contribution in [0.3, 0.4) is 0 Å². The molecule has 28 heavy (non-hydrogen) atoms. The van der Waals surface area contributed by atoms with Gasteiger partial charge in [0.15, 0.2) is 6.61 Å². The van der Waals surface area contributed by atoms with E-state index in [0.717, 1.165) is 21.2 Å². The lowest BCUT2D eigenvalue weighted by molar-refractivity contribution is -0.119. The van der Waals surface area contributed by atoms with Gasteiger partial charge < -0.3 is 19.2 Å². The van der Waals surface area contributed by atoms with Gasteiger partial charge in [-0.15, -0.1) is 11.3 Å². The molecule has 0 aliphatic rings. The minimum atomic E-state index is -0.520. The van der Waals surface area contributed by atoms with Crippen molar-refractivity contribution in [3.63, 3.8) is 0 Å². The van der Waals surface area contributed by atoms with Crippen molar-refractivity contribution in [2.24, 2.45) is 0 Å². The van der Waals surface area contributed by atoms with Gasteiger partial charge in [0.2, 0.25) is 0 Å². The molecule has 0 aliphatic heterocycles. The van der Waals surface area contributed by atoms with Gasteiger partial charge in [0.25, 0.3) is 5.91 Å². The number of esters is 1. The predicted molar refractivity (Wildman–Crippen MR) is 108 cm³/mol. The van der Waals surface area contributed by atoms with Crippen molar-refractivity contribution < 1.29 is 23.5 Å². The zero-order valence-corrected chi connectivity index (χ0v) is 16.1. The quantitative estimate of drug-likeness (QED) is 0.493. The second kappa shape index (κ2) is 7.36. The number of carbonyl (C=O) groups is 2. The third-order valence-electron chi connectivity index (χ3n) is 4.25. The molecule has 4 rings (SSSR count). The lowest BCUT2D eigenvalue weighted by Crippen LogP contribution is -2.20. The average molecular weight is 395 g/mol. The highest BCUT2D eigenvalue weighted by Gasteiger charge is 2.16. The van der Waals surface area contributed by atoms with Crippen LogP contribution in [0.1, 0.15) is 14.5 Å². The number of para-hydroxylation sites is 1. The first kappa shape index (κ1) is 18.1. The fourth-order valence-corrected chi connectivity index (χ4v) is 3.71. The number of ether oxygens (including phenoxy) is 2. The summed E-state index contributed by atoms with van der Waals surface area (Å²) in [5.74, 6) is -0.490. The van der Waals surface area contributed by atoms with E-state index in [1.54, 1.807) is 12.1 Å². The van der Waals surface area contributed by atoms with E-state index in [4.69, 9.17) is 13.9 Å². The Hall–Kier alpha value is -3.32. The molecule has 2 aromatic carbocycles. The van der Waals surface area contributed by atoms with E-state index in [0.29, 0.717) is 21.9 Å². The lowest BCUT2D eigenvalue weighted by Gasteiger charge is -2.10. The van der Waals surface area contributed by atoms with Gasteiger partial charge in [0.05, 0.1) is 12.8 Å². The molecule has 0 saturated carbocycles. The summed E-state index contributed by atoms with van der Waals surface area (Å²) in [7, 11) is 1.53. The monoisotopic (exact) mass is 395 g/mol. The normalized spacial score (nSPS) is 10.9. The minimum Gasteiger partial charge on any atom is -0.495 e. The zero-order valence-electron chi connectivity index (χ0n) is 15.3. The molecule has 0 spiro atoms. The van der Waals surface area contributed by atoms with Crippen molar-refractivity contribution in [3.8, 4) is 5.75 Å². The molecule has 4 aromatic rings. The van der Waals surface area contributed by atoms with E-state index in [9.17, 15) is 9.59 Å². The number of hydrogen-bond acceptors (Lipinski definition) is 6. The summed E-state index contributed by atoms with van der Waals surface area (Å²) in [5.41, 5.74) is 1.83. The second-order valence-corrected chi connectivity index (χ2v) is 7.47. The summed E-state index contributed by atoms with van der Waals surface area (Å²) in [6, 6.07) is 14.7. The maximum Gasteiger partial charge on any atom is 0.348 e. The SMILES string of the molecule is COc1cc2c(cc1NC(=O)COC(=O)c1ccc(C)s1)oc1ccccc12. The molecule has 2 aromatic heterocycles. The van der Waals surface area contributed by atoms with Crippen molar-refractivity contribution >= 4 is 50.8 Å². The average Bonchev–Trinajstić information content (AvgIpc) is 3.28. The highest BCUT2D eigenvalue weighted by Crippen LogP contribution is 2.36. The van der Waals surface area contributed by atoms with Crippen molar-refractivity contribution in [1.29, 1.82) is 0 Å². The Balaban J connectivity index is 1.52. The number of thiophene rings is 1. The highest BCUT2D eigenvalue weighted by molar-refractivity contribution is 7.13. The molecule has 0 bridgehead atoms. The molecule has 0 fully saturated rings. The predicted octanol–water partition coefficient (Wildman–Crippen LogP) is 4.76. The number of carbonyl (C=O) groups excluding carboxylic acids is 2. The molecule has 0 radical (unpaired) electrons. The van der Waals surface area contributed by atoms with Gasteiger partial charge in [-0.3, -0.25) is 4.79 Å². The van der Waals surface area contributed by atoms with Crippen LogP contribution in [-0.2, 0) is 9.53 Å². The van der Waals surface area contributed by atoms with E-state index in [2.05, 4.69) is 5.32 Å². The first-order chi connectivity index (χ1) is 13.5. The number of hydrogen-bond donors (Lipinski definition) is 1. The number of methoxy groups -OCH3 is 1. The molecule has 1 N–H and O–H groups in total. The van der Waals surface area contributed by atoms with Gasteiger partial charge >= 0.3 is 5.97 Å². The van der Waals surface area contributed by atoms with Crippen LogP contribution in [0.15, 0.2) is 52.9 Å². The molecular formula is C21H17NO5S. The number of rotatable bonds is 5. The number of furan rings is 1. The number of nitrogens with one attached hydrogen (secondary N) is 1. The molecule has 142 valence electrons. The Kier molecular flexibility index (Phi) is 4.75. The molecule has 7 heteroatoms. The largest absolute Gasteiger partial charge is 0.495 e. The molecule has 0 atom stereocenters. The molecule has 0 aliphatic carbocycles. The van der Waals surface area contributed by atoms with Crippen LogP contribution in [-0.4, -0.2) is 25.6 Å². The summed E-state index contributed by atoms with van der Waals surface area (Å²) in [6.45, 7) is 1.51. The van der Waals surface area contributed by atoms with Gasteiger partial charge in [-0.25, -0.2) is 4.79 Å². The number of amides is 1. The molecule has 6 nitrogen and oxygen atoms in total. The molecule has 0 saturated heterocycles. The number of benzene rings is 2. The van der Waals surface area contributed by atoms with Gasteiger partial charge in [-0.05, 0) is 31.2 Å². The summed E-state index contributed by atoms with van der Waals surface area (Å²) < 4.78 is 16.3. The van der Waals surface area contributed by atoms with E-state index in [1.165, 1.54) is 18.4 Å². The Morgan fingerprint density at radius 2 is 1.89 bits per heavy atom. The van der Waals surface area contributed by atoms with Crippen LogP contribution in [0.2, 0.25) is 0 Å². The summed E-state index contributed by atoms with van der Waals surface area (Å²) in [6.07, 6.45) is 0. The van der Waals surface area contributed by atoms with Crippen molar-refractivity contribution in [2.45, 2.75) is 6.92 Å². The van der Waals surface area contributed by atoms with E-state index >= 15 is 0 Å². The summed E-state index contributed by atoms with van der Waals surface area (Å²) in [5, 5.41) is 4.57. The van der Waals surface area contributed by atoms with E-state index < -0.39 is 18.5 Å².